The van der Waals surface area contributed by atoms with Crippen molar-refractivity contribution in [2.45, 2.75) is 6.92 Å². The van der Waals surface area contributed by atoms with E-state index in [0.717, 1.165) is 21.0 Å². The highest BCUT2D eigenvalue weighted by molar-refractivity contribution is 9.10. The van der Waals surface area contributed by atoms with E-state index in [1.165, 1.54) is 0 Å². The predicted octanol–water partition coefficient (Wildman–Crippen LogP) is 5.09. The molecular weight excluding hydrogens is 376 g/mol. The van der Waals surface area contributed by atoms with Gasteiger partial charge < -0.3 is 8.83 Å². The maximum absolute atomic E-state index is 12.2. The van der Waals surface area contributed by atoms with Crippen LogP contribution < -0.4 is 0 Å². The largest absolute Gasteiger partial charge is 0.452 e. The van der Waals surface area contributed by atoms with Gasteiger partial charge in [0.15, 0.2) is 16.2 Å². The van der Waals surface area contributed by atoms with Crippen molar-refractivity contribution in [1.82, 2.24) is 0 Å². The standard InChI is InChI=1S/C14H8Br2O3/c1-7-4-9(15)5-8-6-11(19-14(7)8)13(17)10-2-3-12(16)18-10/h2-6H,1H3. The van der Waals surface area contributed by atoms with E-state index in [4.69, 9.17) is 8.83 Å². The molecular formula is C14H8Br2O3. The summed E-state index contributed by atoms with van der Waals surface area (Å²) in [5, 5.41) is 0.890. The van der Waals surface area contributed by atoms with Gasteiger partial charge in [0.2, 0.25) is 0 Å². The van der Waals surface area contributed by atoms with E-state index in [2.05, 4.69) is 31.9 Å². The smallest absolute Gasteiger partial charge is 0.263 e. The van der Waals surface area contributed by atoms with Gasteiger partial charge in [0.05, 0.1) is 0 Å². The number of carbonyl (C=O) groups is 1. The van der Waals surface area contributed by atoms with Gasteiger partial charge in [0, 0.05) is 9.86 Å². The molecule has 0 saturated heterocycles. The lowest BCUT2D eigenvalue weighted by Crippen LogP contribution is -1.96. The molecule has 3 nitrogen and oxygen atoms in total. The molecule has 19 heavy (non-hydrogen) atoms. The Morgan fingerprint density at radius 1 is 1.05 bits per heavy atom. The van der Waals surface area contributed by atoms with Gasteiger partial charge in [-0.15, -0.1) is 0 Å². The molecule has 2 heterocycles. The number of hydrogen-bond donors (Lipinski definition) is 0. The van der Waals surface area contributed by atoms with Gasteiger partial charge in [-0.1, -0.05) is 15.9 Å². The van der Waals surface area contributed by atoms with Crippen molar-refractivity contribution in [3.05, 3.63) is 56.6 Å². The summed E-state index contributed by atoms with van der Waals surface area (Å²) in [6.45, 7) is 1.94. The SMILES string of the molecule is Cc1cc(Br)cc2cc(C(=O)c3ccc(Br)o3)oc12. The van der Waals surface area contributed by atoms with Gasteiger partial charge in [-0.3, -0.25) is 4.79 Å². The zero-order chi connectivity index (χ0) is 13.6. The van der Waals surface area contributed by atoms with Gasteiger partial charge >= 0.3 is 0 Å². The second kappa shape index (κ2) is 4.65. The Kier molecular flexibility index (Phi) is 3.11. The fourth-order valence-electron chi connectivity index (χ4n) is 1.95. The van der Waals surface area contributed by atoms with Crippen LogP contribution in [-0.2, 0) is 0 Å². The molecule has 0 unspecified atom stereocenters. The molecule has 0 N–H and O–H groups in total. The number of carbonyl (C=O) groups excluding carboxylic acids is 1. The highest BCUT2D eigenvalue weighted by atomic mass is 79.9. The zero-order valence-electron chi connectivity index (χ0n) is 9.87. The average molecular weight is 384 g/mol. The molecule has 5 heteroatoms. The third kappa shape index (κ3) is 2.28. The van der Waals surface area contributed by atoms with E-state index >= 15 is 0 Å². The third-order valence-electron chi connectivity index (χ3n) is 2.79. The number of fused-ring (bicyclic) bond motifs is 1. The van der Waals surface area contributed by atoms with Gasteiger partial charge in [0.1, 0.15) is 5.58 Å². The van der Waals surface area contributed by atoms with Crippen LogP contribution in [0.25, 0.3) is 11.0 Å². The Morgan fingerprint density at radius 3 is 2.53 bits per heavy atom. The highest BCUT2D eigenvalue weighted by Crippen LogP contribution is 2.28. The highest BCUT2D eigenvalue weighted by Gasteiger charge is 2.18. The minimum absolute atomic E-state index is 0.252. The molecule has 3 rings (SSSR count). The molecule has 96 valence electrons. The normalized spacial score (nSPS) is 11.1. The van der Waals surface area contributed by atoms with Crippen molar-refractivity contribution in [3.8, 4) is 0 Å². The molecule has 0 saturated carbocycles. The van der Waals surface area contributed by atoms with Gasteiger partial charge in [-0.05, 0) is 58.7 Å². The summed E-state index contributed by atoms with van der Waals surface area (Å²) in [6, 6.07) is 8.89. The average Bonchev–Trinajstić information content (AvgIpc) is 2.94. The van der Waals surface area contributed by atoms with E-state index < -0.39 is 0 Å². The quantitative estimate of drug-likeness (QED) is 0.579. The monoisotopic (exact) mass is 382 g/mol. The van der Waals surface area contributed by atoms with E-state index in [0.29, 0.717) is 4.67 Å². The van der Waals surface area contributed by atoms with Crippen LogP contribution in [0.2, 0.25) is 0 Å². The number of hydrogen-bond acceptors (Lipinski definition) is 3. The van der Waals surface area contributed by atoms with Crippen LogP contribution in [0.3, 0.4) is 0 Å². The molecule has 0 bridgehead atoms. The minimum Gasteiger partial charge on any atom is -0.452 e. The van der Waals surface area contributed by atoms with Gasteiger partial charge in [0.25, 0.3) is 5.78 Å². The van der Waals surface area contributed by atoms with Crippen LogP contribution in [0, 0.1) is 6.92 Å². The number of ketones is 1. The molecule has 0 amide bonds. The Hall–Kier alpha value is -1.33. The van der Waals surface area contributed by atoms with Crippen LogP contribution in [-0.4, -0.2) is 5.78 Å². The fraction of sp³-hybridized carbons (Fsp3) is 0.0714. The molecule has 0 radical (unpaired) electrons. The lowest BCUT2D eigenvalue weighted by atomic mass is 10.1. The molecule has 0 aliphatic carbocycles. The Morgan fingerprint density at radius 2 is 1.84 bits per heavy atom. The molecule has 3 aromatic rings. The number of aryl methyl sites for hydroxylation is 1. The molecule has 0 atom stereocenters. The number of rotatable bonds is 2. The van der Waals surface area contributed by atoms with Crippen LogP contribution in [0.5, 0.6) is 0 Å². The van der Waals surface area contributed by atoms with Gasteiger partial charge in [-0.25, -0.2) is 0 Å². The maximum atomic E-state index is 12.2. The van der Waals surface area contributed by atoms with Crippen LogP contribution >= 0.6 is 31.9 Å². The lowest BCUT2D eigenvalue weighted by molar-refractivity contribution is 0.0984. The first kappa shape index (κ1) is 12.7. The maximum Gasteiger partial charge on any atom is 0.263 e. The molecule has 0 aliphatic heterocycles. The molecule has 0 aliphatic rings. The second-order valence-electron chi connectivity index (χ2n) is 4.18. The fourth-order valence-corrected chi connectivity index (χ4v) is 2.85. The summed E-state index contributed by atoms with van der Waals surface area (Å²) < 4.78 is 12.4. The number of benzene rings is 1. The predicted molar refractivity (Wildman–Crippen MR) is 78.5 cm³/mol. The summed E-state index contributed by atoms with van der Waals surface area (Å²) in [5.74, 6) is 0.262. The van der Waals surface area contributed by atoms with Crippen molar-refractivity contribution in [2.24, 2.45) is 0 Å². The summed E-state index contributed by atoms with van der Waals surface area (Å²) in [4.78, 5) is 12.2. The number of furan rings is 2. The Labute approximate surface area is 125 Å². The summed E-state index contributed by atoms with van der Waals surface area (Å²) in [5.41, 5.74) is 1.70. The lowest BCUT2D eigenvalue weighted by Gasteiger charge is -1.95. The molecule has 0 spiro atoms. The topological polar surface area (TPSA) is 43.4 Å². The number of halogens is 2. The van der Waals surface area contributed by atoms with Crippen molar-refractivity contribution in [1.29, 1.82) is 0 Å². The van der Waals surface area contributed by atoms with Gasteiger partial charge in [-0.2, -0.15) is 0 Å². The van der Waals surface area contributed by atoms with Crippen molar-refractivity contribution in [3.63, 3.8) is 0 Å². The summed E-state index contributed by atoms with van der Waals surface area (Å²) in [6.07, 6.45) is 0. The van der Waals surface area contributed by atoms with Crippen molar-refractivity contribution in [2.75, 3.05) is 0 Å². The van der Waals surface area contributed by atoms with Crippen LogP contribution in [0.4, 0.5) is 0 Å². The van der Waals surface area contributed by atoms with E-state index in [-0.39, 0.29) is 17.3 Å². The molecule has 1 aromatic carbocycles. The minimum atomic E-state index is -0.266. The molecule has 0 fully saturated rings. The second-order valence-corrected chi connectivity index (χ2v) is 5.88. The Balaban J connectivity index is 2.11. The van der Waals surface area contributed by atoms with Crippen LogP contribution in [0.15, 0.2) is 48.3 Å². The first-order chi connectivity index (χ1) is 9.04. The van der Waals surface area contributed by atoms with Crippen molar-refractivity contribution < 1.29 is 13.6 Å². The van der Waals surface area contributed by atoms with E-state index in [1.54, 1.807) is 18.2 Å². The summed E-state index contributed by atoms with van der Waals surface area (Å²) in [7, 11) is 0. The zero-order valence-corrected chi connectivity index (χ0v) is 13.0. The third-order valence-corrected chi connectivity index (χ3v) is 3.67. The Bertz CT molecular complexity index is 783. The summed E-state index contributed by atoms with van der Waals surface area (Å²) >= 11 is 6.60. The van der Waals surface area contributed by atoms with Crippen LogP contribution in [0.1, 0.15) is 21.9 Å². The van der Waals surface area contributed by atoms with E-state index in [9.17, 15) is 4.79 Å². The first-order valence-corrected chi connectivity index (χ1v) is 7.13. The first-order valence-electron chi connectivity index (χ1n) is 5.54. The van der Waals surface area contributed by atoms with Crippen molar-refractivity contribution >= 4 is 48.6 Å². The van der Waals surface area contributed by atoms with E-state index in [1.807, 2.05) is 19.1 Å². The molecule has 2 aromatic heterocycles.